The van der Waals surface area contributed by atoms with Crippen molar-refractivity contribution >= 4 is 5.97 Å². The number of nitrogens with zero attached hydrogens (tertiary/aromatic N) is 3. The molecule has 0 saturated heterocycles. The Morgan fingerprint density at radius 1 is 1.53 bits per heavy atom. The van der Waals surface area contributed by atoms with Crippen molar-refractivity contribution in [2.45, 2.75) is 33.5 Å². The van der Waals surface area contributed by atoms with Gasteiger partial charge in [-0.15, -0.1) is 10.2 Å². The molecule has 0 unspecified atom stereocenters. The molecule has 7 nitrogen and oxygen atoms in total. The van der Waals surface area contributed by atoms with Gasteiger partial charge in [0.25, 0.3) is 0 Å². The molecule has 0 saturated carbocycles. The van der Waals surface area contributed by atoms with E-state index in [-0.39, 0.29) is 5.76 Å². The second-order valence-corrected chi connectivity index (χ2v) is 4.17. The van der Waals surface area contributed by atoms with E-state index < -0.39 is 5.97 Å². The van der Waals surface area contributed by atoms with Crippen LogP contribution in [0.2, 0.25) is 0 Å². The third-order valence-corrected chi connectivity index (χ3v) is 2.78. The summed E-state index contributed by atoms with van der Waals surface area (Å²) < 4.78 is 7.18. The van der Waals surface area contributed by atoms with Gasteiger partial charge < -0.3 is 19.4 Å². The third kappa shape index (κ3) is 3.00. The Kier molecular flexibility index (Phi) is 3.96. The average Bonchev–Trinajstić information content (AvgIpc) is 2.95. The fraction of sp³-hybridized carbons (Fsp3) is 0.417. The maximum atomic E-state index is 10.8. The van der Waals surface area contributed by atoms with Crippen LogP contribution in [-0.2, 0) is 19.6 Å². The van der Waals surface area contributed by atoms with Crippen LogP contribution in [0.4, 0.5) is 0 Å². The number of aromatic carboxylic acids is 1. The van der Waals surface area contributed by atoms with Gasteiger partial charge in [0.1, 0.15) is 17.9 Å². The lowest BCUT2D eigenvalue weighted by Crippen LogP contribution is -2.16. The van der Waals surface area contributed by atoms with E-state index in [0.717, 1.165) is 12.4 Å². The fourth-order valence-corrected chi connectivity index (χ4v) is 1.82. The minimum atomic E-state index is -1.05. The summed E-state index contributed by atoms with van der Waals surface area (Å²) in [5.74, 6) is 0.379. The van der Waals surface area contributed by atoms with Gasteiger partial charge in [0.2, 0.25) is 5.76 Å². The Balaban J connectivity index is 1.93. The van der Waals surface area contributed by atoms with Crippen molar-refractivity contribution in [1.29, 1.82) is 0 Å². The Morgan fingerprint density at radius 2 is 2.32 bits per heavy atom. The first-order valence-electron chi connectivity index (χ1n) is 6.01. The van der Waals surface area contributed by atoms with Crippen molar-refractivity contribution in [3.8, 4) is 0 Å². The molecule has 2 heterocycles. The Hall–Kier alpha value is -2.15. The molecule has 0 bridgehead atoms. The van der Waals surface area contributed by atoms with Gasteiger partial charge in [-0.05, 0) is 19.9 Å². The normalized spacial score (nSPS) is 10.8. The molecule has 2 rings (SSSR count). The fourth-order valence-electron chi connectivity index (χ4n) is 1.82. The number of carbonyl (C=O) groups is 1. The zero-order chi connectivity index (χ0) is 13.8. The minimum absolute atomic E-state index is 0.00600. The van der Waals surface area contributed by atoms with Crippen LogP contribution in [0.1, 0.15) is 34.6 Å². The molecule has 19 heavy (non-hydrogen) atoms. The van der Waals surface area contributed by atoms with E-state index in [4.69, 9.17) is 9.52 Å². The van der Waals surface area contributed by atoms with Gasteiger partial charge >= 0.3 is 5.97 Å². The van der Waals surface area contributed by atoms with E-state index in [1.807, 2.05) is 11.5 Å². The van der Waals surface area contributed by atoms with Crippen molar-refractivity contribution in [2.75, 3.05) is 0 Å². The number of aromatic nitrogens is 3. The minimum Gasteiger partial charge on any atom is -0.475 e. The smallest absolute Gasteiger partial charge is 0.372 e. The summed E-state index contributed by atoms with van der Waals surface area (Å²) in [6.45, 7) is 5.54. The van der Waals surface area contributed by atoms with Crippen molar-refractivity contribution in [1.82, 2.24) is 20.1 Å². The van der Waals surface area contributed by atoms with E-state index in [1.165, 1.54) is 0 Å². The molecular formula is C12H16N4O3. The molecular weight excluding hydrogens is 248 g/mol. The summed E-state index contributed by atoms with van der Waals surface area (Å²) in [5, 5.41) is 19.9. The highest BCUT2D eigenvalue weighted by atomic mass is 16.4. The van der Waals surface area contributed by atoms with Crippen molar-refractivity contribution in [3.05, 3.63) is 35.3 Å². The highest BCUT2D eigenvalue weighted by Crippen LogP contribution is 2.14. The molecule has 0 radical (unpaired) electrons. The summed E-state index contributed by atoms with van der Waals surface area (Å²) in [5.41, 5.74) is 0.626. The molecule has 0 atom stereocenters. The topological polar surface area (TPSA) is 93.2 Å². The van der Waals surface area contributed by atoms with Crippen LogP contribution in [0.3, 0.4) is 0 Å². The summed E-state index contributed by atoms with van der Waals surface area (Å²) in [6, 6.07) is 1.72. The van der Waals surface area contributed by atoms with Gasteiger partial charge in [-0.3, -0.25) is 0 Å². The van der Waals surface area contributed by atoms with Gasteiger partial charge in [0.15, 0.2) is 0 Å². The van der Waals surface area contributed by atoms with Crippen LogP contribution in [0.15, 0.2) is 16.8 Å². The highest BCUT2D eigenvalue weighted by Gasteiger charge is 2.14. The monoisotopic (exact) mass is 264 g/mol. The Bertz CT molecular complexity index is 573. The van der Waals surface area contributed by atoms with Gasteiger partial charge in [0, 0.05) is 12.1 Å². The van der Waals surface area contributed by atoms with Crippen LogP contribution in [-0.4, -0.2) is 25.8 Å². The molecule has 102 valence electrons. The second kappa shape index (κ2) is 5.66. The van der Waals surface area contributed by atoms with Gasteiger partial charge in [0.05, 0.1) is 13.1 Å². The van der Waals surface area contributed by atoms with Gasteiger partial charge in [-0.1, -0.05) is 0 Å². The number of hydrogen-bond donors (Lipinski definition) is 2. The van der Waals surface area contributed by atoms with Crippen molar-refractivity contribution < 1.29 is 14.3 Å². The Morgan fingerprint density at radius 3 is 2.95 bits per heavy atom. The lowest BCUT2D eigenvalue weighted by molar-refractivity contribution is 0.0659. The summed E-state index contributed by atoms with van der Waals surface area (Å²) in [4.78, 5) is 10.8. The molecule has 2 aromatic heterocycles. The first-order valence-corrected chi connectivity index (χ1v) is 6.01. The first kappa shape index (κ1) is 13.3. The number of hydrogen-bond acceptors (Lipinski definition) is 5. The van der Waals surface area contributed by atoms with Gasteiger partial charge in [-0.2, -0.15) is 0 Å². The maximum absolute atomic E-state index is 10.8. The SMILES string of the molecule is CCn1cnnc1CNCc1cc(C)c(C(=O)O)o1. The molecule has 0 spiro atoms. The van der Waals surface area contributed by atoms with Crippen LogP contribution in [0.5, 0.6) is 0 Å². The molecule has 0 fully saturated rings. The number of furan rings is 1. The van der Waals surface area contributed by atoms with Crippen molar-refractivity contribution in [3.63, 3.8) is 0 Å². The third-order valence-electron chi connectivity index (χ3n) is 2.78. The van der Waals surface area contributed by atoms with Crippen LogP contribution < -0.4 is 5.32 Å². The first-order chi connectivity index (χ1) is 9.11. The van der Waals surface area contributed by atoms with E-state index in [0.29, 0.717) is 24.4 Å². The highest BCUT2D eigenvalue weighted by molar-refractivity contribution is 5.86. The van der Waals surface area contributed by atoms with Gasteiger partial charge in [-0.25, -0.2) is 4.79 Å². The molecule has 0 amide bonds. The molecule has 0 aromatic carbocycles. The molecule has 0 aliphatic heterocycles. The zero-order valence-corrected chi connectivity index (χ0v) is 10.9. The zero-order valence-electron chi connectivity index (χ0n) is 10.9. The lowest BCUT2D eigenvalue weighted by Gasteiger charge is -2.03. The number of aryl methyl sites for hydroxylation is 2. The van der Waals surface area contributed by atoms with E-state index in [1.54, 1.807) is 19.3 Å². The maximum Gasteiger partial charge on any atom is 0.372 e. The largest absolute Gasteiger partial charge is 0.475 e. The predicted octanol–water partition coefficient (Wildman–Crippen LogP) is 1.19. The molecule has 7 heteroatoms. The standard InChI is InChI=1S/C12H16N4O3/c1-3-16-7-14-15-10(16)6-13-5-9-4-8(2)11(19-9)12(17)18/h4,7,13H,3,5-6H2,1-2H3,(H,17,18). The molecule has 2 aromatic rings. The van der Waals surface area contributed by atoms with Crippen LogP contribution in [0, 0.1) is 6.92 Å². The predicted molar refractivity (Wildman–Crippen MR) is 66.6 cm³/mol. The van der Waals surface area contributed by atoms with E-state index in [9.17, 15) is 4.79 Å². The number of carboxylic acids is 1. The second-order valence-electron chi connectivity index (χ2n) is 4.17. The number of rotatable bonds is 6. The van der Waals surface area contributed by atoms with Crippen LogP contribution in [0.25, 0.3) is 0 Å². The lowest BCUT2D eigenvalue weighted by atomic mass is 10.2. The quantitative estimate of drug-likeness (QED) is 0.814. The molecule has 0 aliphatic carbocycles. The number of nitrogens with one attached hydrogen (secondary N) is 1. The van der Waals surface area contributed by atoms with Crippen molar-refractivity contribution in [2.24, 2.45) is 0 Å². The summed E-state index contributed by atoms with van der Waals surface area (Å²) >= 11 is 0. The summed E-state index contributed by atoms with van der Waals surface area (Å²) in [7, 11) is 0. The van der Waals surface area contributed by atoms with Crippen LogP contribution >= 0.6 is 0 Å². The van der Waals surface area contributed by atoms with E-state index >= 15 is 0 Å². The average molecular weight is 264 g/mol. The van der Waals surface area contributed by atoms with E-state index in [2.05, 4.69) is 15.5 Å². The summed E-state index contributed by atoms with van der Waals surface area (Å²) in [6.07, 6.45) is 1.68. The molecule has 0 aliphatic rings. The molecule has 2 N–H and O–H groups in total. The number of carboxylic acid groups (broad SMARTS) is 1. The Labute approximate surface area is 110 Å².